The first kappa shape index (κ1) is 16.1. The molecule has 5 nitrogen and oxygen atoms in total. The number of hydrogen-bond donors (Lipinski definition) is 2. The predicted octanol–water partition coefficient (Wildman–Crippen LogP) is -3.99. The molecule has 0 radical (unpaired) electrons. The summed E-state index contributed by atoms with van der Waals surface area (Å²) in [6, 6.07) is 0. The van der Waals surface area contributed by atoms with E-state index in [9.17, 15) is 0 Å². The van der Waals surface area contributed by atoms with E-state index in [-0.39, 0.29) is 29.6 Å². The van der Waals surface area contributed by atoms with Crippen molar-refractivity contribution in [2.45, 2.75) is 0 Å². The molecule has 2 N–H and O–H groups in total. The van der Waals surface area contributed by atoms with Gasteiger partial charge in [-0.15, -0.1) is 9.05 Å². The maximum Gasteiger partial charge on any atom is 1.00 e. The van der Waals surface area contributed by atoms with Crippen LogP contribution < -0.4 is 29.6 Å². The fourth-order valence-corrected chi connectivity index (χ4v) is 0. The van der Waals surface area contributed by atoms with Gasteiger partial charge in [-0.25, -0.2) is 0 Å². The van der Waals surface area contributed by atoms with Gasteiger partial charge in [0.15, 0.2) is 0 Å². The van der Waals surface area contributed by atoms with Gasteiger partial charge in [-0.3, -0.25) is 14.7 Å². The minimum absolute atomic E-state index is 0. The van der Waals surface area contributed by atoms with Gasteiger partial charge < -0.3 is 9.11 Å². The molecular weight excluding hydrogens is 167 g/mol. The summed E-state index contributed by atoms with van der Waals surface area (Å²) in [5, 5.41) is 12.0. The van der Waals surface area contributed by atoms with Gasteiger partial charge in [0.05, 0.1) is 0 Å². The third-order valence-electron chi connectivity index (χ3n) is 0. The molecule has 0 saturated heterocycles. The van der Waals surface area contributed by atoms with E-state index in [1.54, 1.807) is 0 Å². The molecule has 0 saturated carbocycles. The summed E-state index contributed by atoms with van der Waals surface area (Å²) in [4.78, 5) is 0. The molecule has 0 amide bonds. The number of hydrogen-bond acceptors (Lipinski definition) is 6. The van der Waals surface area contributed by atoms with Crippen molar-refractivity contribution in [3.8, 4) is 0 Å². The molecule has 0 aromatic heterocycles. The summed E-state index contributed by atoms with van der Waals surface area (Å²) >= 11 is 3.24. The third kappa shape index (κ3) is 190. The third-order valence-corrected chi connectivity index (χ3v) is 0. The normalized spacial score (nSPS) is 8.00. The van der Waals surface area contributed by atoms with Crippen molar-refractivity contribution in [2.24, 2.45) is 0 Å². The fraction of sp³-hybridized carbons (Fsp3) is 0. The van der Waals surface area contributed by atoms with Crippen molar-refractivity contribution < 1.29 is 53.4 Å². The Morgan fingerprint density at radius 1 is 1.38 bits per heavy atom. The van der Waals surface area contributed by atoms with Crippen molar-refractivity contribution in [2.75, 3.05) is 0 Å². The summed E-state index contributed by atoms with van der Waals surface area (Å²) < 4.78 is 26.7. The first-order chi connectivity index (χ1) is 3.00. The van der Waals surface area contributed by atoms with E-state index >= 15 is 0 Å². The van der Waals surface area contributed by atoms with Crippen LogP contribution in [0.5, 0.6) is 0 Å². The van der Waals surface area contributed by atoms with Gasteiger partial charge in [0.25, 0.3) is 0 Å². The Kier molecular flexibility index (Phi) is 16.5. The van der Waals surface area contributed by atoms with Crippen molar-refractivity contribution >= 4 is 20.2 Å². The van der Waals surface area contributed by atoms with Gasteiger partial charge in [-0.1, -0.05) is 0 Å². The molecule has 46 valence electrons. The summed E-state index contributed by atoms with van der Waals surface area (Å²) in [6.45, 7) is 0. The first-order valence-electron chi connectivity index (χ1n) is 0.867. The molecule has 0 aliphatic rings. The van der Waals surface area contributed by atoms with E-state index < -0.39 is 9.05 Å². The number of rotatable bonds is 0. The molecule has 0 aromatic carbocycles. The van der Waals surface area contributed by atoms with Gasteiger partial charge in [0.2, 0.25) is 0 Å². The largest absolute Gasteiger partial charge is 1.00 e. The van der Waals surface area contributed by atoms with Crippen LogP contribution in [0.3, 0.4) is 0 Å². The minimum atomic E-state index is -4.33. The SMILES string of the molecule is O=S([O-])([O-])=S.OO.[Na+]. The van der Waals surface area contributed by atoms with E-state index in [1.165, 1.54) is 0 Å². The standard InChI is InChI=1S/Na.H2O3S2.H2O2/c;1-5(2,3)4;1-2/h;(H2,1,2,3,4);1-2H/q+1;;/p-2. The molecule has 0 aromatic rings. The average Bonchev–Trinajstić information content (AvgIpc) is 1.36. The monoisotopic (exact) mass is 169 g/mol. The molecule has 0 atom stereocenters. The second-order valence-corrected chi connectivity index (χ2v) is 2.45. The molecule has 0 bridgehead atoms. The second-order valence-electron chi connectivity index (χ2n) is 0.408. The first-order valence-corrected chi connectivity index (χ1v) is 3.20. The Balaban J connectivity index is -0.0000000750. The van der Waals surface area contributed by atoms with E-state index in [0.29, 0.717) is 0 Å². The summed E-state index contributed by atoms with van der Waals surface area (Å²) in [5.74, 6) is 0. The minimum Gasteiger partial charge on any atom is -0.780 e. The van der Waals surface area contributed by atoms with Crippen molar-refractivity contribution in [1.29, 1.82) is 0 Å². The van der Waals surface area contributed by atoms with Crippen LogP contribution in [0.25, 0.3) is 0 Å². The van der Waals surface area contributed by atoms with Gasteiger partial charge in [0, 0.05) is 0 Å². The zero-order valence-corrected chi connectivity index (χ0v) is 7.57. The maximum atomic E-state index is 8.89. The summed E-state index contributed by atoms with van der Waals surface area (Å²) in [7, 11) is -4.33. The fourth-order valence-electron chi connectivity index (χ4n) is 0. The molecule has 0 aliphatic heterocycles. The zero-order valence-electron chi connectivity index (χ0n) is 3.94. The molecule has 0 spiro atoms. The average molecular weight is 169 g/mol. The van der Waals surface area contributed by atoms with Gasteiger partial charge in [-0.05, 0) is 11.2 Å². The van der Waals surface area contributed by atoms with Crippen molar-refractivity contribution in [3.63, 3.8) is 0 Å². The maximum absolute atomic E-state index is 8.89. The quantitative estimate of drug-likeness (QED) is 0.218. The Bertz CT molecular complexity index is 93.6. The molecule has 0 aliphatic carbocycles. The van der Waals surface area contributed by atoms with Gasteiger partial charge >= 0.3 is 29.6 Å². The van der Waals surface area contributed by atoms with Crippen molar-refractivity contribution in [1.82, 2.24) is 0 Å². The Hall–Kier alpha value is 1.21. The molecule has 0 fully saturated rings. The Morgan fingerprint density at radius 2 is 1.38 bits per heavy atom. The van der Waals surface area contributed by atoms with Crippen LogP contribution in [0.15, 0.2) is 0 Å². The molecule has 0 heterocycles. The Labute approximate surface area is 73.3 Å². The molecule has 8 heteroatoms. The second kappa shape index (κ2) is 8.21. The van der Waals surface area contributed by atoms with E-state index in [0.717, 1.165) is 0 Å². The Morgan fingerprint density at radius 3 is 1.38 bits per heavy atom. The van der Waals surface area contributed by atoms with Crippen LogP contribution >= 0.6 is 0 Å². The van der Waals surface area contributed by atoms with Crippen LogP contribution in [-0.4, -0.2) is 23.8 Å². The zero-order chi connectivity index (χ0) is 6.50. The van der Waals surface area contributed by atoms with Crippen LogP contribution in [0, 0.1) is 0 Å². The molecule has 8 heavy (non-hydrogen) atoms. The van der Waals surface area contributed by atoms with E-state index in [2.05, 4.69) is 11.2 Å². The van der Waals surface area contributed by atoms with Gasteiger partial charge in [0.1, 0.15) is 0 Å². The smallest absolute Gasteiger partial charge is 0.780 e. The van der Waals surface area contributed by atoms with E-state index in [1.807, 2.05) is 0 Å². The van der Waals surface area contributed by atoms with Crippen LogP contribution in [0.1, 0.15) is 0 Å². The molecule has 0 unspecified atom stereocenters. The van der Waals surface area contributed by atoms with Crippen LogP contribution in [0.4, 0.5) is 0 Å². The van der Waals surface area contributed by atoms with Gasteiger partial charge in [-0.2, -0.15) is 0 Å². The van der Waals surface area contributed by atoms with Crippen molar-refractivity contribution in [3.05, 3.63) is 0 Å². The topological polar surface area (TPSA) is 104 Å². The van der Waals surface area contributed by atoms with Crippen LogP contribution in [-0.2, 0) is 20.2 Å². The van der Waals surface area contributed by atoms with E-state index in [4.69, 9.17) is 23.8 Å². The molecular formula is H2NaO5S2-. The summed E-state index contributed by atoms with van der Waals surface area (Å²) in [6.07, 6.45) is 0. The predicted molar refractivity (Wildman–Crippen MR) is 22.3 cm³/mol. The van der Waals surface area contributed by atoms with Crippen LogP contribution in [0.2, 0.25) is 0 Å². The summed E-state index contributed by atoms with van der Waals surface area (Å²) in [5.41, 5.74) is 0. The molecule has 0 rings (SSSR count).